The average Bonchev–Trinajstić information content (AvgIpc) is 2.75. The zero-order valence-electron chi connectivity index (χ0n) is 12.6. The molecule has 0 saturated carbocycles. The van der Waals surface area contributed by atoms with Crippen molar-refractivity contribution in [2.24, 2.45) is 7.05 Å². The third-order valence-corrected chi connectivity index (χ3v) is 3.62. The van der Waals surface area contributed by atoms with Crippen molar-refractivity contribution in [3.8, 4) is 11.5 Å². The number of ether oxygens (including phenoxy) is 2. The standard InChI is InChI=1S/C15H19ClN2O3/c1-9-5-11(18(2)17-9)8-13(19)10-6-12(16)15(21-4)14(7-10)20-3/h5-7,13,19H,8H2,1-4H3. The highest BCUT2D eigenvalue weighted by molar-refractivity contribution is 6.32. The van der Waals surface area contributed by atoms with E-state index in [1.54, 1.807) is 16.8 Å². The second kappa shape index (κ2) is 6.37. The first-order valence-corrected chi connectivity index (χ1v) is 6.93. The van der Waals surface area contributed by atoms with Crippen molar-refractivity contribution in [3.05, 3.63) is 40.2 Å². The molecule has 0 fully saturated rings. The number of aromatic nitrogens is 2. The predicted octanol–water partition coefficient (Wildman–Crippen LogP) is 2.68. The van der Waals surface area contributed by atoms with Crippen molar-refractivity contribution >= 4 is 11.6 Å². The maximum Gasteiger partial charge on any atom is 0.179 e. The molecule has 0 aliphatic carbocycles. The minimum absolute atomic E-state index is 0.409. The fourth-order valence-electron chi connectivity index (χ4n) is 2.30. The molecule has 1 heterocycles. The Morgan fingerprint density at radius 1 is 1.29 bits per heavy atom. The highest BCUT2D eigenvalue weighted by Gasteiger charge is 2.17. The van der Waals surface area contributed by atoms with Crippen molar-refractivity contribution in [2.75, 3.05) is 14.2 Å². The monoisotopic (exact) mass is 310 g/mol. The number of aryl methyl sites for hydroxylation is 2. The Morgan fingerprint density at radius 3 is 2.52 bits per heavy atom. The molecule has 0 radical (unpaired) electrons. The zero-order valence-corrected chi connectivity index (χ0v) is 13.3. The van der Waals surface area contributed by atoms with E-state index in [0.717, 1.165) is 11.4 Å². The summed E-state index contributed by atoms with van der Waals surface area (Å²) in [5.74, 6) is 0.965. The van der Waals surface area contributed by atoms with Crippen molar-refractivity contribution in [3.63, 3.8) is 0 Å². The van der Waals surface area contributed by atoms with Crippen LogP contribution in [0.5, 0.6) is 11.5 Å². The summed E-state index contributed by atoms with van der Waals surface area (Å²) in [6.07, 6.45) is -0.250. The number of aliphatic hydroxyl groups excluding tert-OH is 1. The van der Waals surface area contributed by atoms with Gasteiger partial charge in [-0.2, -0.15) is 5.10 Å². The summed E-state index contributed by atoms with van der Waals surface area (Å²) in [5, 5.41) is 15.1. The van der Waals surface area contributed by atoms with Crippen molar-refractivity contribution in [2.45, 2.75) is 19.4 Å². The van der Waals surface area contributed by atoms with Gasteiger partial charge in [0.25, 0.3) is 0 Å². The highest BCUT2D eigenvalue weighted by Crippen LogP contribution is 2.38. The minimum atomic E-state index is -0.697. The van der Waals surface area contributed by atoms with E-state index < -0.39 is 6.10 Å². The van der Waals surface area contributed by atoms with Gasteiger partial charge in [-0.3, -0.25) is 4.68 Å². The number of halogens is 1. The van der Waals surface area contributed by atoms with Crippen LogP contribution >= 0.6 is 11.6 Å². The van der Waals surface area contributed by atoms with E-state index >= 15 is 0 Å². The van der Waals surface area contributed by atoms with Crippen LogP contribution < -0.4 is 9.47 Å². The topological polar surface area (TPSA) is 56.5 Å². The van der Waals surface area contributed by atoms with Gasteiger partial charge in [-0.05, 0) is 30.7 Å². The lowest BCUT2D eigenvalue weighted by Gasteiger charge is -2.15. The van der Waals surface area contributed by atoms with Crippen LogP contribution in [-0.2, 0) is 13.5 Å². The van der Waals surface area contributed by atoms with E-state index in [2.05, 4.69) is 5.10 Å². The van der Waals surface area contributed by atoms with Crippen LogP contribution in [0.15, 0.2) is 18.2 Å². The van der Waals surface area contributed by atoms with Crippen LogP contribution in [0.3, 0.4) is 0 Å². The van der Waals surface area contributed by atoms with E-state index in [0.29, 0.717) is 28.5 Å². The molecule has 1 unspecified atom stereocenters. The maximum atomic E-state index is 10.4. The van der Waals surface area contributed by atoms with Gasteiger partial charge in [0.2, 0.25) is 0 Å². The summed E-state index contributed by atoms with van der Waals surface area (Å²) < 4.78 is 12.2. The first kappa shape index (κ1) is 15.7. The Bertz CT molecular complexity index is 640. The summed E-state index contributed by atoms with van der Waals surface area (Å²) in [7, 11) is 4.92. The molecule has 0 spiro atoms. The Kier molecular flexibility index (Phi) is 4.75. The molecule has 1 N–H and O–H groups in total. The molecular weight excluding hydrogens is 292 g/mol. The molecular formula is C15H19ClN2O3. The molecule has 0 saturated heterocycles. The third kappa shape index (κ3) is 3.31. The molecule has 6 heteroatoms. The van der Waals surface area contributed by atoms with Crippen LogP contribution in [0.2, 0.25) is 5.02 Å². The number of hydrogen-bond donors (Lipinski definition) is 1. The summed E-state index contributed by atoms with van der Waals surface area (Å²) in [6.45, 7) is 1.92. The van der Waals surface area contributed by atoms with E-state index in [1.807, 2.05) is 20.0 Å². The fourth-order valence-corrected chi connectivity index (χ4v) is 2.60. The van der Waals surface area contributed by atoms with Gasteiger partial charge >= 0.3 is 0 Å². The Morgan fingerprint density at radius 2 is 2.00 bits per heavy atom. The summed E-state index contributed by atoms with van der Waals surface area (Å²) in [4.78, 5) is 0. The smallest absolute Gasteiger partial charge is 0.179 e. The molecule has 0 bridgehead atoms. The van der Waals surface area contributed by atoms with E-state index in [1.165, 1.54) is 14.2 Å². The van der Waals surface area contributed by atoms with Gasteiger partial charge in [-0.1, -0.05) is 11.6 Å². The van der Waals surface area contributed by atoms with Crippen LogP contribution in [0.25, 0.3) is 0 Å². The molecule has 0 aliphatic heterocycles. The molecule has 1 aromatic carbocycles. The number of aliphatic hydroxyl groups is 1. The second-order valence-corrected chi connectivity index (χ2v) is 5.27. The van der Waals surface area contributed by atoms with Gasteiger partial charge in [-0.25, -0.2) is 0 Å². The first-order valence-electron chi connectivity index (χ1n) is 6.55. The molecule has 0 amide bonds. The van der Waals surface area contributed by atoms with Gasteiger partial charge in [0.15, 0.2) is 11.5 Å². The van der Waals surface area contributed by atoms with Crippen molar-refractivity contribution < 1.29 is 14.6 Å². The molecule has 2 rings (SSSR count). The highest BCUT2D eigenvalue weighted by atomic mass is 35.5. The maximum absolute atomic E-state index is 10.4. The Labute approximate surface area is 129 Å². The van der Waals surface area contributed by atoms with Crippen LogP contribution in [-0.4, -0.2) is 29.1 Å². The number of hydrogen-bond acceptors (Lipinski definition) is 4. The van der Waals surface area contributed by atoms with Gasteiger partial charge < -0.3 is 14.6 Å². The van der Waals surface area contributed by atoms with Crippen LogP contribution in [0, 0.1) is 6.92 Å². The van der Waals surface area contributed by atoms with Crippen molar-refractivity contribution in [1.82, 2.24) is 9.78 Å². The normalized spacial score (nSPS) is 12.3. The quantitative estimate of drug-likeness (QED) is 0.922. The Hall–Kier alpha value is -1.72. The summed E-state index contributed by atoms with van der Waals surface area (Å²) in [6, 6.07) is 5.38. The number of nitrogens with zero attached hydrogens (tertiary/aromatic N) is 2. The van der Waals surface area contributed by atoms with Crippen molar-refractivity contribution in [1.29, 1.82) is 0 Å². The molecule has 114 valence electrons. The van der Waals surface area contributed by atoms with Crippen LogP contribution in [0.4, 0.5) is 0 Å². The lowest BCUT2D eigenvalue weighted by Crippen LogP contribution is -2.07. The van der Waals surface area contributed by atoms with Gasteiger partial charge in [0.05, 0.1) is 31.0 Å². The molecule has 0 aliphatic rings. The summed E-state index contributed by atoms with van der Waals surface area (Å²) >= 11 is 6.16. The zero-order chi connectivity index (χ0) is 15.6. The lowest BCUT2D eigenvalue weighted by molar-refractivity contribution is 0.175. The molecule has 2 aromatic rings. The summed E-state index contributed by atoms with van der Waals surface area (Å²) in [5.41, 5.74) is 2.55. The van der Waals surface area contributed by atoms with Gasteiger partial charge in [0, 0.05) is 19.2 Å². The molecule has 1 atom stereocenters. The van der Waals surface area contributed by atoms with Gasteiger partial charge in [0.1, 0.15) is 0 Å². The number of methoxy groups -OCH3 is 2. The first-order chi connectivity index (χ1) is 9.96. The molecule has 21 heavy (non-hydrogen) atoms. The van der Waals surface area contributed by atoms with E-state index in [4.69, 9.17) is 21.1 Å². The van der Waals surface area contributed by atoms with Crippen LogP contribution in [0.1, 0.15) is 23.1 Å². The molecule has 1 aromatic heterocycles. The lowest BCUT2D eigenvalue weighted by atomic mass is 10.0. The predicted molar refractivity (Wildman–Crippen MR) is 81.2 cm³/mol. The van der Waals surface area contributed by atoms with E-state index in [9.17, 15) is 5.11 Å². The average molecular weight is 311 g/mol. The molecule has 5 nitrogen and oxygen atoms in total. The number of rotatable bonds is 5. The Balaban J connectivity index is 2.29. The van der Waals surface area contributed by atoms with Gasteiger partial charge in [-0.15, -0.1) is 0 Å². The van der Waals surface area contributed by atoms with E-state index in [-0.39, 0.29) is 0 Å². The third-order valence-electron chi connectivity index (χ3n) is 3.34. The minimum Gasteiger partial charge on any atom is -0.493 e. The SMILES string of the molecule is COc1cc(C(O)Cc2cc(C)nn2C)cc(Cl)c1OC. The fraction of sp³-hybridized carbons (Fsp3) is 0.400. The largest absolute Gasteiger partial charge is 0.493 e. The second-order valence-electron chi connectivity index (χ2n) is 4.86. The number of benzene rings is 1.